The van der Waals surface area contributed by atoms with Gasteiger partial charge >= 0.3 is 0 Å². The summed E-state index contributed by atoms with van der Waals surface area (Å²) in [6, 6.07) is 84.6. The van der Waals surface area contributed by atoms with Crippen LogP contribution in [0.15, 0.2) is 243 Å². The van der Waals surface area contributed by atoms with E-state index in [1.807, 2.05) is 72.9 Å². The number of nitriles is 2. The van der Waals surface area contributed by atoms with Crippen LogP contribution >= 0.6 is 0 Å². The highest BCUT2D eigenvalue weighted by Crippen LogP contribution is 2.54. The topological polar surface area (TPSA) is 144 Å². The number of hydrogen-bond acceptors (Lipinski definition) is 11. The number of pyridine rings is 1. The number of benzene rings is 9. The fourth-order valence-corrected chi connectivity index (χ4v) is 12.1. The van der Waals surface area contributed by atoms with Crippen LogP contribution in [0.1, 0.15) is 59.7 Å². The van der Waals surface area contributed by atoms with Crippen LogP contribution in [0.2, 0.25) is 0 Å². The molecule has 0 atom stereocenters. The molecule has 0 bridgehead atoms. The van der Waals surface area contributed by atoms with E-state index in [0.29, 0.717) is 58.2 Å². The number of fused-ring (bicyclic) bond motifs is 4. The summed E-state index contributed by atoms with van der Waals surface area (Å²) in [5.74, 6) is 3.05. The minimum Gasteiger partial charge on any atom is -0.310 e. The quantitative estimate of drug-likeness (QED) is 0.129. The number of rotatable bonds is 10. The first-order chi connectivity index (χ1) is 41.1. The number of hydrogen-bond donors (Lipinski definition) is 0. The molecule has 0 unspecified atom stereocenters. The van der Waals surface area contributed by atoms with Crippen LogP contribution in [0.5, 0.6) is 0 Å². The standard InChI is InChI=1S/C73H51N11/c1-72(2)57-17-7-11-21-62(57)83(63-22-12-8-18-58(63)72)55-37-35-54(36-38-55)70-77-66(50-15-5-4-6-16-50)81-71(82-70)61-43-49(41-42-76-61)44-73(3)59-19-9-13-23-64(59)84(65-24-14-10-20-60(65)73)56-39-33-53(34-40-56)69-79-67(51-29-25-47(45-74)26-30-51)78-68(80-69)52-31-27-48(46-75)28-32-52/h4-43H,44H2,1-3H3. The fraction of sp³-hybridized carbons (Fsp3) is 0.0822. The van der Waals surface area contributed by atoms with E-state index >= 15 is 0 Å². The molecule has 0 N–H and O–H groups in total. The van der Waals surface area contributed by atoms with Crippen LogP contribution in [-0.2, 0) is 17.3 Å². The molecule has 14 rings (SSSR count). The van der Waals surface area contributed by atoms with Gasteiger partial charge in [0.2, 0.25) is 0 Å². The molecule has 0 saturated carbocycles. The van der Waals surface area contributed by atoms with E-state index in [-0.39, 0.29) is 5.41 Å². The summed E-state index contributed by atoms with van der Waals surface area (Å²) in [5.41, 5.74) is 17.7. The van der Waals surface area contributed by atoms with Crippen LogP contribution in [0.25, 0.3) is 68.5 Å². The van der Waals surface area contributed by atoms with Crippen molar-refractivity contribution in [2.75, 3.05) is 9.80 Å². The Balaban J connectivity index is 0.794. The molecule has 0 saturated heterocycles. The zero-order chi connectivity index (χ0) is 56.9. The van der Waals surface area contributed by atoms with Gasteiger partial charge in [-0.1, -0.05) is 124 Å². The summed E-state index contributed by atoms with van der Waals surface area (Å²) in [6.07, 6.45) is 2.53. The highest BCUT2D eigenvalue weighted by molar-refractivity contribution is 5.88. The first-order valence-corrected chi connectivity index (χ1v) is 27.9. The minimum absolute atomic E-state index is 0.159. The van der Waals surface area contributed by atoms with Crippen molar-refractivity contribution < 1.29 is 0 Å². The Morgan fingerprint density at radius 2 is 0.690 bits per heavy atom. The third kappa shape index (κ3) is 8.98. The highest BCUT2D eigenvalue weighted by atomic mass is 15.2. The van der Waals surface area contributed by atoms with E-state index in [9.17, 15) is 10.5 Å². The van der Waals surface area contributed by atoms with Crippen molar-refractivity contribution in [2.45, 2.75) is 38.0 Å². The van der Waals surface area contributed by atoms with Gasteiger partial charge in [0, 0.05) is 56.2 Å². The molecule has 2 aliphatic rings. The second-order valence-electron chi connectivity index (χ2n) is 21.9. The van der Waals surface area contributed by atoms with E-state index in [1.165, 1.54) is 22.3 Å². The SMILES string of the molecule is CC1(C)c2ccccc2N(c2ccc(-c3nc(-c4ccccc4)nc(-c4cc(CC5(C)c6ccccc6N(c6ccc(-c7nc(-c8ccc(C#N)cc8)nc(-c8ccc(C#N)cc8)n7)cc6)c6ccccc65)ccn4)n3)cc2)c2ccccc21. The summed E-state index contributed by atoms with van der Waals surface area (Å²) < 4.78 is 0. The molecule has 11 heteroatoms. The van der Waals surface area contributed by atoms with Gasteiger partial charge in [0.15, 0.2) is 34.9 Å². The van der Waals surface area contributed by atoms with Gasteiger partial charge in [0.1, 0.15) is 5.69 Å². The van der Waals surface area contributed by atoms with Gasteiger partial charge in [-0.15, -0.1) is 0 Å². The molecule has 0 aliphatic carbocycles. The van der Waals surface area contributed by atoms with Crippen molar-refractivity contribution in [1.82, 2.24) is 34.9 Å². The molecular weight excluding hydrogens is 1030 g/mol. The molecule has 2 aliphatic heterocycles. The molecule has 12 aromatic rings. The predicted molar refractivity (Wildman–Crippen MR) is 331 cm³/mol. The Hall–Kier alpha value is -11.3. The van der Waals surface area contributed by atoms with Gasteiger partial charge in [0.05, 0.1) is 46.0 Å². The van der Waals surface area contributed by atoms with Crippen LogP contribution < -0.4 is 9.80 Å². The van der Waals surface area contributed by atoms with Gasteiger partial charge in [0.25, 0.3) is 0 Å². The summed E-state index contributed by atoms with van der Waals surface area (Å²) in [4.78, 5) is 39.9. The molecule has 0 spiro atoms. The normalized spacial score (nSPS) is 13.3. The predicted octanol–water partition coefficient (Wildman–Crippen LogP) is 16.6. The van der Waals surface area contributed by atoms with Crippen molar-refractivity contribution >= 4 is 34.1 Å². The fourth-order valence-electron chi connectivity index (χ4n) is 12.1. The highest BCUT2D eigenvalue weighted by Gasteiger charge is 2.41. The van der Waals surface area contributed by atoms with E-state index < -0.39 is 5.41 Å². The Labute approximate surface area is 487 Å². The van der Waals surface area contributed by atoms with Crippen molar-refractivity contribution in [3.05, 3.63) is 282 Å². The third-order valence-electron chi connectivity index (χ3n) is 16.3. The van der Waals surface area contributed by atoms with Crippen LogP contribution in [0, 0.1) is 22.7 Å². The summed E-state index contributed by atoms with van der Waals surface area (Å²) in [5, 5.41) is 19.0. The van der Waals surface area contributed by atoms with Gasteiger partial charge in [-0.2, -0.15) is 10.5 Å². The van der Waals surface area contributed by atoms with Crippen molar-refractivity contribution in [3.8, 4) is 80.6 Å². The average Bonchev–Trinajstić information content (AvgIpc) is 2.82. The molecule has 11 nitrogen and oxygen atoms in total. The lowest BCUT2D eigenvalue weighted by Crippen LogP contribution is -2.34. The maximum atomic E-state index is 9.50. The van der Waals surface area contributed by atoms with E-state index in [2.05, 4.69) is 188 Å². The van der Waals surface area contributed by atoms with Gasteiger partial charge in [-0.05, 0) is 168 Å². The van der Waals surface area contributed by atoms with Gasteiger partial charge < -0.3 is 9.80 Å². The Bertz CT molecular complexity index is 4410. The van der Waals surface area contributed by atoms with Crippen molar-refractivity contribution in [1.29, 1.82) is 10.5 Å². The molecule has 0 amide bonds. The lowest BCUT2D eigenvalue weighted by molar-refractivity contribution is 0.561. The van der Waals surface area contributed by atoms with E-state index in [4.69, 9.17) is 34.9 Å². The summed E-state index contributed by atoms with van der Waals surface area (Å²) in [6.45, 7) is 6.94. The third-order valence-corrected chi connectivity index (χ3v) is 16.3. The number of para-hydroxylation sites is 4. The molecule has 84 heavy (non-hydrogen) atoms. The molecule has 9 aromatic carbocycles. The monoisotopic (exact) mass is 1080 g/mol. The Morgan fingerprint density at radius 3 is 1.10 bits per heavy atom. The lowest BCUT2D eigenvalue weighted by Gasteiger charge is -2.44. The van der Waals surface area contributed by atoms with Crippen LogP contribution in [-0.4, -0.2) is 34.9 Å². The van der Waals surface area contributed by atoms with Crippen molar-refractivity contribution in [2.24, 2.45) is 0 Å². The first-order valence-electron chi connectivity index (χ1n) is 27.9. The van der Waals surface area contributed by atoms with Crippen LogP contribution in [0.4, 0.5) is 34.1 Å². The smallest absolute Gasteiger partial charge is 0.182 e. The zero-order valence-electron chi connectivity index (χ0n) is 46.2. The van der Waals surface area contributed by atoms with E-state index in [1.54, 1.807) is 24.3 Å². The van der Waals surface area contributed by atoms with Crippen LogP contribution in [0.3, 0.4) is 0 Å². The summed E-state index contributed by atoms with van der Waals surface area (Å²) in [7, 11) is 0. The minimum atomic E-state index is -0.469. The Morgan fingerprint density at radius 1 is 0.357 bits per heavy atom. The Kier molecular flexibility index (Phi) is 12.5. The zero-order valence-corrected chi connectivity index (χ0v) is 46.2. The molecular formula is C73H51N11. The maximum Gasteiger partial charge on any atom is 0.182 e. The second-order valence-corrected chi connectivity index (χ2v) is 21.9. The molecule has 3 aromatic heterocycles. The second kappa shape index (κ2) is 20.7. The molecule has 5 heterocycles. The number of anilines is 6. The van der Waals surface area contributed by atoms with Gasteiger partial charge in [-0.3, -0.25) is 4.98 Å². The number of aromatic nitrogens is 7. The lowest BCUT2D eigenvalue weighted by atomic mass is 9.68. The number of nitrogens with zero attached hydrogens (tertiary/aromatic N) is 11. The molecule has 0 radical (unpaired) electrons. The molecule has 398 valence electrons. The largest absolute Gasteiger partial charge is 0.310 e. The summed E-state index contributed by atoms with van der Waals surface area (Å²) >= 11 is 0. The maximum absolute atomic E-state index is 9.50. The first kappa shape index (κ1) is 50.9. The van der Waals surface area contributed by atoms with Crippen molar-refractivity contribution in [3.63, 3.8) is 0 Å². The molecule has 0 fully saturated rings. The van der Waals surface area contributed by atoms with E-state index in [0.717, 1.165) is 67.5 Å². The van der Waals surface area contributed by atoms with Gasteiger partial charge in [-0.25, -0.2) is 29.9 Å². The average molecular weight is 1080 g/mol.